The lowest BCUT2D eigenvalue weighted by Gasteiger charge is -2.11. The Morgan fingerprint density at radius 3 is 2.75 bits per heavy atom. The van der Waals surface area contributed by atoms with Gasteiger partial charge in [0, 0.05) is 11.0 Å². The number of phenolic OH excluding ortho intramolecular Hbond substituents is 1. The molecule has 0 bridgehead atoms. The van der Waals surface area contributed by atoms with Crippen LogP contribution in [0, 0.1) is 0 Å². The number of anilines is 1. The van der Waals surface area contributed by atoms with Gasteiger partial charge in [0.2, 0.25) is 0 Å². The Kier molecular flexibility index (Phi) is 4.63. The summed E-state index contributed by atoms with van der Waals surface area (Å²) in [4.78, 5) is 12.2. The van der Waals surface area contributed by atoms with Crippen molar-refractivity contribution in [1.29, 1.82) is 0 Å². The van der Waals surface area contributed by atoms with E-state index in [1.807, 2.05) is 24.3 Å². The van der Waals surface area contributed by atoms with Gasteiger partial charge >= 0.3 is 0 Å². The molecule has 2 aromatic rings. The first-order valence-corrected chi connectivity index (χ1v) is 7.10. The van der Waals surface area contributed by atoms with Crippen LogP contribution in [0.2, 0.25) is 0 Å². The molecule has 1 amide bonds. The number of amides is 1. The van der Waals surface area contributed by atoms with E-state index in [-0.39, 0.29) is 17.2 Å². The maximum atomic E-state index is 12.2. The second-order valence-electron chi connectivity index (χ2n) is 4.13. The maximum Gasteiger partial charge on any atom is 0.259 e. The summed E-state index contributed by atoms with van der Waals surface area (Å²) in [7, 11) is 1.51. The zero-order valence-electron chi connectivity index (χ0n) is 10.9. The van der Waals surface area contributed by atoms with E-state index in [1.54, 1.807) is 6.07 Å². The van der Waals surface area contributed by atoms with E-state index in [4.69, 9.17) is 4.74 Å². The maximum absolute atomic E-state index is 12.2. The second kappa shape index (κ2) is 6.43. The topological polar surface area (TPSA) is 58.6 Å². The fraction of sp³-hybridized carbons (Fsp3) is 0.133. The monoisotopic (exact) mass is 335 g/mol. The highest BCUT2D eigenvalue weighted by Crippen LogP contribution is 2.25. The van der Waals surface area contributed by atoms with Gasteiger partial charge in [-0.25, -0.2) is 0 Å². The first kappa shape index (κ1) is 14.4. The highest BCUT2D eigenvalue weighted by Gasteiger charge is 2.13. The molecule has 0 spiro atoms. The second-order valence-corrected chi connectivity index (χ2v) is 4.69. The lowest BCUT2D eigenvalue weighted by atomic mass is 10.1. The Labute approximate surface area is 125 Å². The molecule has 0 radical (unpaired) electrons. The summed E-state index contributed by atoms with van der Waals surface area (Å²) >= 11 is 3.37. The van der Waals surface area contributed by atoms with E-state index >= 15 is 0 Å². The summed E-state index contributed by atoms with van der Waals surface area (Å²) in [5.41, 5.74) is 1.84. The van der Waals surface area contributed by atoms with Gasteiger partial charge < -0.3 is 15.2 Å². The van der Waals surface area contributed by atoms with Gasteiger partial charge in [-0.3, -0.25) is 4.79 Å². The summed E-state index contributed by atoms with van der Waals surface area (Å²) in [5.74, 6) is 0.0520. The van der Waals surface area contributed by atoms with E-state index in [2.05, 4.69) is 21.2 Å². The average molecular weight is 336 g/mol. The SMILES string of the molecule is COc1ccc(O)c(C(=O)Nc2ccccc2CBr)c1. The fourth-order valence-corrected chi connectivity index (χ4v) is 2.26. The third-order valence-corrected chi connectivity index (χ3v) is 3.46. The Balaban J connectivity index is 2.28. The van der Waals surface area contributed by atoms with Crippen LogP contribution in [0.3, 0.4) is 0 Å². The number of carbonyl (C=O) groups excluding carboxylic acids is 1. The molecule has 4 nitrogen and oxygen atoms in total. The van der Waals surface area contributed by atoms with Crippen LogP contribution in [0.1, 0.15) is 15.9 Å². The highest BCUT2D eigenvalue weighted by molar-refractivity contribution is 9.08. The van der Waals surface area contributed by atoms with E-state index in [0.717, 1.165) is 5.56 Å². The van der Waals surface area contributed by atoms with Gasteiger partial charge in [0.1, 0.15) is 11.5 Å². The number of aromatic hydroxyl groups is 1. The molecule has 104 valence electrons. The minimum absolute atomic E-state index is 0.0837. The van der Waals surface area contributed by atoms with Crippen molar-refractivity contribution in [1.82, 2.24) is 0 Å². The van der Waals surface area contributed by atoms with Gasteiger partial charge in [-0.1, -0.05) is 34.1 Å². The molecule has 0 aliphatic heterocycles. The van der Waals surface area contributed by atoms with Crippen molar-refractivity contribution in [3.8, 4) is 11.5 Å². The number of hydrogen-bond acceptors (Lipinski definition) is 3. The molecule has 0 unspecified atom stereocenters. The van der Waals surface area contributed by atoms with Crippen LogP contribution >= 0.6 is 15.9 Å². The number of alkyl halides is 1. The number of carbonyl (C=O) groups is 1. The number of phenols is 1. The van der Waals surface area contributed by atoms with Crippen LogP contribution in [0.5, 0.6) is 11.5 Å². The summed E-state index contributed by atoms with van der Waals surface area (Å²) in [5, 5.41) is 13.2. The van der Waals surface area contributed by atoms with E-state index in [0.29, 0.717) is 16.8 Å². The Bertz CT molecular complexity index is 628. The molecular weight excluding hydrogens is 322 g/mol. The standard InChI is InChI=1S/C15H14BrNO3/c1-20-11-6-7-14(18)12(8-11)15(19)17-13-5-3-2-4-10(13)9-16/h2-8,18H,9H2,1H3,(H,17,19). The first-order valence-electron chi connectivity index (χ1n) is 5.98. The van der Waals surface area contributed by atoms with E-state index in [9.17, 15) is 9.90 Å². The third kappa shape index (κ3) is 3.11. The lowest BCUT2D eigenvalue weighted by Crippen LogP contribution is -2.13. The number of rotatable bonds is 4. The lowest BCUT2D eigenvalue weighted by molar-refractivity contribution is 0.102. The number of ether oxygens (including phenoxy) is 1. The largest absolute Gasteiger partial charge is 0.507 e. The van der Waals surface area contributed by atoms with Crippen molar-refractivity contribution in [3.63, 3.8) is 0 Å². The Morgan fingerprint density at radius 2 is 2.05 bits per heavy atom. The number of methoxy groups -OCH3 is 1. The van der Waals surface area contributed by atoms with Crippen LogP contribution < -0.4 is 10.1 Å². The number of benzene rings is 2. The molecule has 5 heteroatoms. The molecule has 0 atom stereocenters. The zero-order chi connectivity index (χ0) is 14.5. The fourth-order valence-electron chi connectivity index (χ4n) is 1.77. The molecule has 2 aromatic carbocycles. The number of halogens is 1. The van der Waals surface area contributed by atoms with Crippen LogP contribution in [0.15, 0.2) is 42.5 Å². The van der Waals surface area contributed by atoms with Crippen molar-refractivity contribution in [2.75, 3.05) is 12.4 Å². The smallest absolute Gasteiger partial charge is 0.259 e. The molecule has 2 N–H and O–H groups in total. The molecule has 0 aromatic heterocycles. The van der Waals surface area contributed by atoms with Gasteiger partial charge in [0.05, 0.1) is 12.7 Å². The van der Waals surface area contributed by atoms with Crippen LogP contribution in [0.25, 0.3) is 0 Å². The summed E-state index contributed by atoms with van der Waals surface area (Å²) in [6.07, 6.45) is 0. The molecule has 0 saturated heterocycles. The summed E-state index contributed by atoms with van der Waals surface area (Å²) in [6, 6.07) is 12.0. The van der Waals surface area contributed by atoms with E-state index in [1.165, 1.54) is 19.2 Å². The van der Waals surface area contributed by atoms with Crippen molar-refractivity contribution in [2.24, 2.45) is 0 Å². The molecular formula is C15H14BrNO3. The molecule has 20 heavy (non-hydrogen) atoms. The molecule has 0 heterocycles. The van der Waals surface area contributed by atoms with Gasteiger partial charge in [0.25, 0.3) is 5.91 Å². The van der Waals surface area contributed by atoms with Crippen molar-refractivity contribution >= 4 is 27.5 Å². The van der Waals surface area contributed by atoms with Gasteiger partial charge in [-0.2, -0.15) is 0 Å². The summed E-state index contributed by atoms with van der Waals surface area (Å²) in [6.45, 7) is 0. The van der Waals surface area contributed by atoms with Crippen molar-refractivity contribution in [3.05, 3.63) is 53.6 Å². The molecule has 2 rings (SSSR count). The van der Waals surface area contributed by atoms with Crippen molar-refractivity contribution in [2.45, 2.75) is 5.33 Å². The minimum atomic E-state index is -0.380. The number of hydrogen-bond donors (Lipinski definition) is 2. The van der Waals surface area contributed by atoms with Crippen molar-refractivity contribution < 1.29 is 14.6 Å². The van der Waals surface area contributed by atoms with E-state index < -0.39 is 0 Å². The zero-order valence-corrected chi connectivity index (χ0v) is 12.5. The number of nitrogens with one attached hydrogen (secondary N) is 1. The first-order chi connectivity index (χ1) is 9.65. The van der Waals surface area contributed by atoms with Crippen LogP contribution in [-0.2, 0) is 5.33 Å². The van der Waals surface area contributed by atoms with Gasteiger partial charge in [-0.15, -0.1) is 0 Å². The normalized spacial score (nSPS) is 10.1. The molecule has 0 fully saturated rings. The highest BCUT2D eigenvalue weighted by atomic mass is 79.9. The van der Waals surface area contributed by atoms with Gasteiger partial charge in [0.15, 0.2) is 0 Å². The average Bonchev–Trinajstić information content (AvgIpc) is 2.48. The van der Waals surface area contributed by atoms with Crippen LogP contribution in [-0.4, -0.2) is 18.1 Å². The Morgan fingerprint density at radius 1 is 1.30 bits per heavy atom. The Hall–Kier alpha value is -2.01. The predicted molar refractivity (Wildman–Crippen MR) is 81.7 cm³/mol. The van der Waals surface area contributed by atoms with Gasteiger partial charge in [-0.05, 0) is 29.8 Å². The quantitative estimate of drug-likeness (QED) is 0.840. The number of para-hydroxylation sites is 1. The predicted octanol–water partition coefficient (Wildman–Crippen LogP) is 3.55. The molecule has 0 aliphatic rings. The third-order valence-electron chi connectivity index (χ3n) is 2.86. The minimum Gasteiger partial charge on any atom is -0.507 e. The molecule has 0 aliphatic carbocycles. The summed E-state index contributed by atoms with van der Waals surface area (Å²) < 4.78 is 5.06. The molecule has 0 saturated carbocycles. The van der Waals surface area contributed by atoms with Crippen LogP contribution in [0.4, 0.5) is 5.69 Å².